The molecule has 0 unspecified atom stereocenters. The second kappa shape index (κ2) is 8.18. The summed E-state index contributed by atoms with van der Waals surface area (Å²) in [7, 11) is 1.95. The molecule has 116 valence electrons. The van der Waals surface area contributed by atoms with E-state index in [4.69, 9.17) is 5.73 Å². The highest BCUT2D eigenvalue weighted by Crippen LogP contribution is 2.29. The highest BCUT2D eigenvalue weighted by atomic mass is 16.2. The van der Waals surface area contributed by atoms with Crippen LogP contribution in [0, 0.1) is 11.8 Å². The summed E-state index contributed by atoms with van der Waals surface area (Å²) in [5.41, 5.74) is 7.06. The SMILES string of the molecule is CN(CCCc1ccccc1)C(=O)C1CCC(CN)CC1. The van der Waals surface area contributed by atoms with Gasteiger partial charge < -0.3 is 10.6 Å². The Balaban J connectivity index is 1.70. The van der Waals surface area contributed by atoms with Crippen molar-refractivity contribution in [1.29, 1.82) is 0 Å². The summed E-state index contributed by atoms with van der Waals surface area (Å²) in [5.74, 6) is 1.20. The Morgan fingerprint density at radius 1 is 1.19 bits per heavy atom. The first kappa shape index (κ1) is 16.0. The average Bonchev–Trinajstić information content (AvgIpc) is 2.55. The minimum Gasteiger partial charge on any atom is -0.346 e. The van der Waals surface area contributed by atoms with Gasteiger partial charge in [-0.15, -0.1) is 0 Å². The molecule has 1 aromatic carbocycles. The van der Waals surface area contributed by atoms with E-state index in [9.17, 15) is 4.79 Å². The van der Waals surface area contributed by atoms with Gasteiger partial charge in [-0.25, -0.2) is 0 Å². The maximum Gasteiger partial charge on any atom is 0.225 e. The fraction of sp³-hybridized carbons (Fsp3) is 0.611. The van der Waals surface area contributed by atoms with Gasteiger partial charge in [0.2, 0.25) is 5.91 Å². The minimum atomic E-state index is 0.231. The van der Waals surface area contributed by atoms with Crippen LogP contribution in [-0.2, 0) is 11.2 Å². The number of nitrogens with two attached hydrogens (primary N) is 1. The lowest BCUT2D eigenvalue weighted by Gasteiger charge is -2.30. The molecule has 3 heteroatoms. The molecule has 3 nitrogen and oxygen atoms in total. The number of rotatable bonds is 6. The monoisotopic (exact) mass is 288 g/mol. The van der Waals surface area contributed by atoms with Gasteiger partial charge >= 0.3 is 0 Å². The number of nitrogens with zero attached hydrogens (tertiary/aromatic N) is 1. The van der Waals surface area contributed by atoms with Crippen molar-refractivity contribution in [2.24, 2.45) is 17.6 Å². The molecule has 2 N–H and O–H groups in total. The van der Waals surface area contributed by atoms with Crippen LogP contribution in [0.1, 0.15) is 37.7 Å². The van der Waals surface area contributed by atoms with E-state index in [1.165, 1.54) is 5.56 Å². The van der Waals surface area contributed by atoms with Gasteiger partial charge in [0.05, 0.1) is 0 Å². The number of carbonyl (C=O) groups excluding carboxylic acids is 1. The molecule has 0 radical (unpaired) electrons. The molecule has 1 aromatic rings. The average molecular weight is 288 g/mol. The molecule has 0 saturated heterocycles. The Morgan fingerprint density at radius 3 is 2.48 bits per heavy atom. The second-order valence-corrected chi connectivity index (χ2v) is 6.30. The van der Waals surface area contributed by atoms with Crippen LogP contribution in [0.4, 0.5) is 0 Å². The smallest absolute Gasteiger partial charge is 0.225 e. The van der Waals surface area contributed by atoms with Crippen molar-refractivity contribution >= 4 is 5.91 Å². The molecule has 0 atom stereocenters. The lowest BCUT2D eigenvalue weighted by molar-refractivity contribution is -0.135. The molecule has 21 heavy (non-hydrogen) atoms. The van der Waals surface area contributed by atoms with E-state index in [1.807, 2.05) is 18.0 Å². The van der Waals surface area contributed by atoms with Crippen LogP contribution in [0.3, 0.4) is 0 Å². The molecule has 0 heterocycles. The standard InChI is InChI=1S/C18H28N2O/c1-20(13-5-8-15-6-3-2-4-7-15)18(21)17-11-9-16(14-19)10-12-17/h2-4,6-7,16-17H,5,8-14,19H2,1H3. The van der Waals surface area contributed by atoms with E-state index in [1.54, 1.807) is 0 Å². The summed E-state index contributed by atoms with van der Waals surface area (Å²) in [6.45, 7) is 1.62. The minimum absolute atomic E-state index is 0.231. The van der Waals surface area contributed by atoms with E-state index < -0.39 is 0 Å². The summed E-state index contributed by atoms with van der Waals surface area (Å²) >= 11 is 0. The molecule has 0 aliphatic heterocycles. The summed E-state index contributed by atoms with van der Waals surface area (Å²) in [5, 5.41) is 0. The third kappa shape index (κ3) is 4.85. The summed E-state index contributed by atoms with van der Waals surface area (Å²) in [6.07, 6.45) is 6.34. The molecule has 1 fully saturated rings. The molecule has 2 rings (SSSR count). The van der Waals surface area contributed by atoms with Gasteiger partial charge in [0, 0.05) is 19.5 Å². The Bertz CT molecular complexity index is 424. The zero-order valence-electron chi connectivity index (χ0n) is 13.1. The van der Waals surface area contributed by atoms with Gasteiger partial charge in [0.15, 0.2) is 0 Å². The highest BCUT2D eigenvalue weighted by Gasteiger charge is 2.27. The number of aryl methyl sites for hydroxylation is 1. The number of amides is 1. The first-order valence-corrected chi connectivity index (χ1v) is 8.19. The molecule has 1 aliphatic rings. The quantitative estimate of drug-likeness (QED) is 0.875. The maximum atomic E-state index is 12.4. The van der Waals surface area contributed by atoms with E-state index in [-0.39, 0.29) is 5.92 Å². The Morgan fingerprint density at radius 2 is 1.86 bits per heavy atom. The van der Waals surface area contributed by atoms with Crippen molar-refractivity contribution in [1.82, 2.24) is 4.90 Å². The van der Waals surface area contributed by atoms with Crippen LogP contribution in [-0.4, -0.2) is 30.9 Å². The van der Waals surface area contributed by atoms with Gasteiger partial charge in [0.1, 0.15) is 0 Å². The number of benzene rings is 1. The maximum absolute atomic E-state index is 12.4. The van der Waals surface area contributed by atoms with E-state index in [0.717, 1.165) is 51.6 Å². The molecule has 0 bridgehead atoms. The van der Waals surface area contributed by atoms with Crippen LogP contribution < -0.4 is 5.73 Å². The van der Waals surface area contributed by atoms with E-state index >= 15 is 0 Å². The summed E-state index contributed by atoms with van der Waals surface area (Å²) < 4.78 is 0. The molecule has 1 aliphatic carbocycles. The molecular weight excluding hydrogens is 260 g/mol. The predicted molar refractivity (Wildman–Crippen MR) is 86.9 cm³/mol. The number of carbonyl (C=O) groups is 1. The normalized spacial score (nSPS) is 22.0. The van der Waals surface area contributed by atoms with Crippen LogP contribution >= 0.6 is 0 Å². The van der Waals surface area contributed by atoms with Crippen molar-refractivity contribution in [2.75, 3.05) is 20.1 Å². The largest absolute Gasteiger partial charge is 0.346 e. The van der Waals surface area contributed by atoms with Crippen molar-refractivity contribution in [3.8, 4) is 0 Å². The molecule has 1 saturated carbocycles. The molecule has 0 aromatic heterocycles. The first-order chi connectivity index (χ1) is 10.2. The van der Waals surface area contributed by atoms with Crippen LogP contribution in [0.2, 0.25) is 0 Å². The zero-order chi connectivity index (χ0) is 15.1. The molecular formula is C18H28N2O. The van der Waals surface area contributed by atoms with Crippen molar-refractivity contribution in [3.05, 3.63) is 35.9 Å². The summed E-state index contributed by atoms with van der Waals surface area (Å²) in [6, 6.07) is 10.5. The molecule has 1 amide bonds. The summed E-state index contributed by atoms with van der Waals surface area (Å²) in [4.78, 5) is 14.4. The number of hydrogen-bond acceptors (Lipinski definition) is 2. The predicted octanol–water partition coefficient (Wildman–Crippen LogP) is 2.84. The van der Waals surface area contributed by atoms with Gasteiger partial charge in [0.25, 0.3) is 0 Å². The van der Waals surface area contributed by atoms with Gasteiger partial charge in [-0.3, -0.25) is 4.79 Å². The van der Waals surface area contributed by atoms with Gasteiger partial charge in [-0.05, 0) is 56.6 Å². The fourth-order valence-corrected chi connectivity index (χ4v) is 3.23. The van der Waals surface area contributed by atoms with Crippen molar-refractivity contribution in [3.63, 3.8) is 0 Å². The Labute approximate surface area is 128 Å². The lowest BCUT2D eigenvalue weighted by Crippen LogP contribution is -2.36. The van der Waals surface area contributed by atoms with Crippen LogP contribution in [0.25, 0.3) is 0 Å². The van der Waals surface area contributed by atoms with Crippen molar-refractivity contribution in [2.45, 2.75) is 38.5 Å². The van der Waals surface area contributed by atoms with E-state index in [0.29, 0.717) is 11.8 Å². The third-order valence-electron chi connectivity index (χ3n) is 4.71. The van der Waals surface area contributed by atoms with Gasteiger partial charge in [-0.2, -0.15) is 0 Å². The first-order valence-electron chi connectivity index (χ1n) is 8.19. The van der Waals surface area contributed by atoms with E-state index in [2.05, 4.69) is 24.3 Å². The lowest BCUT2D eigenvalue weighted by atomic mass is 9.81. The van der Waals surface area contributed by atoms with Crippen molar-refractivity contribution < 1.29 is 4.79 Å². The third-order valence-corrected chi connectivity index (χ3v) is 4.71. The topological polar surface area (TPSA) is 46.3 Å². The van der Waals surface area contributed by atoms with Gasteiger partial charge in [-0.1, -0.05) is 30.3 Å². The number of hydrogen-bond donors (Lipinski definition) is 1. The second-order valence-electron chi connectivity index (χ2n) is 6.30. The highest BCUT2D eigenvalue weighted by molar-refractivity contribution is 5.78. The zero-order valence-corrected chi connectivity index (χ0v) is 13.1. The fourth-order valence-electron chi connectivity index (χ4n) is 3.23. The molecule has 0 spiro atoms. The Kier molecular flexibility index (Phi) is 6.24. The Hall–Kier alpha value is -1.35. The van der Waals surface area contributed by atoms with Crippen LogP contribution in [0.15, 0.2) is 30.3 Å². The van der Waals surface area contributed by atoms with Crippen LogP contribution in [0.5, 0.6) is 0 Å².